The van der Waals surface area contributed by atoms with Crippen molar-refractivity contribution in [2.45, 2.75) is 46.4 Å². The molecule has 1 saturated heterocycles. The lowest BCUT2D eigenvalue weighted by Crippen LogP contribution is -2.44. The van der Waals surface area contributed by atoms with Crippen LogP contribution in [0.2, 0.25) is 0 Å². The summed E-state index contributed by atoms with van der Waals surface area (Å²) in [6.45, 7) is 10.5. The first-order valence-corrected chi connectivity index (χ1v) is 7.74. The standard InChI is InChI=1S/C17H23N3O2/c1-11-5-6-12(2)15(7-11)16-8-20(13(3)10-21-16)9-17-19-18-14(4)22-17/h5-7,13,16H,8-10H2,1-4H3/t13-,16-/m1/s1. The van der Waals surface area contributed by atoms with Crippen LogP contribution in [0.3, 0.4) is 0 Å². The van der Waals surface area contributed by atoms with E-state index >= 15 is 0 Å². The number of aryl methyl sites for hydroxylation is 3. The monoisotopic (exact) mass is 301 g/mol. The summed E-state index contributed by atoms with van der Waals surface area (Å²) < 4.78 is 11.6. The molecule has 0 N–H and O–H groups in total. The van der Waals surface area contributed by atoms with Gasteiger partial charge in [-0.1, -0.05) is 23.8 Å². The first-order valence-electron chi connectivity index (χ1n) is 7.74. The fourth-order valence-electron chi connectivity index (χ4n) is 2.90. The highest BCUT2D eigenvalue weighted by Gasteiger charge is 2.29. The maximum absolute atomic E-state index is 6.08. The summed E-state index contributed by atoms with van der Waals surface area (Å²) in [6.07, 6.45) is 0.0973. The van der Waals surface area contributed by atoms with Crippen molar-refractivity contribution in [3.8, 4) is 0 Å². The zero-order chi connectivity index (χ0) is 15.7. The van der Waals surface area contributed by atoms with Crippen molar-refractivity contribution >= 4 is 0 Å². The van der Waals surface area contributed by atoms with Crippen LogP contribution >= 0.6 is 0 Å². The summed E-state index contributed by atoms with van der Waals surface area (Å²) in [5, 5.41) is 8.01. The number of hydrogen-bond acceptors (Lipinski definition) is 5. The molecule has 118 valence electrons. The van der Waals surface area contributed by atoms with Crippen molar-refractivity contribution in [3.05, 3.63) is 46.7 Å². The smallest absolute Gasteiger partial charge is 0.230 e. The Morgan fingerprint density at radius 2 is 2.05 bits per heavy atom. The van der Waals surface area contributed by atoms with Crippen LogP contribution in [-0.4, -0.2) is 34.3 Å². The molecule has 5 nitrogen and oxygen atoms in total. The highest BCUT2D eigenvalue weighted by Crippen LogP contribution is 2.28. The molecular formula is C17H23N3O2. The third-order valence-corrected chi connectivity index (χ3v) is 4.25. The lowest BCUT2D eigenvalue weighted by atomic mass is 9.99. The summed E-state index contributed by atoms with van der Waals surface area (Å²) in [6, 6.07) is 6.88. The van der Waals surface area contributed by atoms with Gasteiger partial charge in [0.05, 0.1) is 19.3 Å². The summed E-state index contributed by atoms with van der Waals surface area (Å²) in [7, 11) is 0. The predicted octanol–water partition coefficient (Wildman–Crippen LogP) is 2.96. The van der Waals surface area contributed by atoms with Crippen LogP contribution < -0.4 is 0 Å². The van der Waals surface area contributed by atoms with Crippen molar-refractivity contribution < 1.29 is 9.15 Å². The van der Waals surface area contributed by atoms with E-state index in [0.29, 0.717) is 31.0 Å². The number of hydrogen-bond donors (Lipinski definition) is 0. The van der Waals surface area contributed by atoms with E-state index in [1.165, 1.54) is 16.7 Å². The fourth-order valence-corrected chi connectivity index (χ4v) is 2.90. The van der Waals surface area contributed by atoms with E-state index in [2.05, 4.69) is 54.1 Å². The second-order valence-corrected chi connectivity index (χ2v) is 6.18. The largest absolute Gasteiger partial charge is 0.424 e. The topological polar surface area (TPSA) is 51.4 Å². The lowest BCUT2D eigenvalue weighted by Gasteiger charge is -2.37. The zero-order valence-corrected chi connectivity index (χ0v) is 13.7. The van der Waals surface area contributed by atoms with Gasteiger partial charge in [0, 0.05) is 19.5 Å². The van der Waals surface area contributed by atoms with Gasteiger partial charge in [-0.2, -0.15) is 0 Å². The van der Waals surface area contributed by atoms with E-state index in [4.69, 9.17) is 9.15 Å². The quantitative estimate of drug-likeness (QED) is 0.872. The Hall–Kier alpha value is -1.72. The molecule has 0 saturated carbocycles. The normalized spacial score (nSPS) is 22.9. The predicted molar refractivity (Wildman–Crippen MR) is 83.5 cm³/mol. The van der Waals surface area contributed by atoms with E-state index < -0.39 is 0 Å². The van der Waals surface area contributed by atoms with Gasteiger partial charge in [-0.15, -0.1) is 10.2 Å². The van der Waals surface area contributed by atoms with Gasteiger partial charge in [0.1, 0.15) is 0 Å². The van der Waals surface area contributed by atoms with Gasteiger partial charge in [-0.3, -0.25) is 4.90 Å². The minimum Gasteiger partial charge on any atom is -0.424 e. The number of ether oxygens (including phenoxy) is 1. The van der Waals surface area contributed by atoms with Crippen molar-refractivity contribution in [1.82, 2.24) is 15.1 Å². The van der Waals surface area contributed by atoms with Gasteiger partial charge in [0.15, 0.2) is 0 Å². The summed E-state index contributed by atoms with van der Waals surface area (Å²) in [5.74, 6) is 1.29. The maximum Gasteiger partial charge on any atom is 0.230 e. The van der Waals surface area contributed by atoms with Crippen molar-refractivity contribution in [1.29, 1.82) is 0 Å². The van der Waals surface area contributed by atoms with E-state index in [9.17, 15) is 0 Å². The van der Waals surface area contributed by atoms with Crippen molar-refractivity contribution in [2.75, 3.05) is 13.2 Å². The second-order valence-electron chi connectivity index (χ2n) is 6.18. The van der Waals surface area contributed by atoms with Gasteiger partial charge >= 0.3 is 0 Å². The fraction of sp³-hybridized carbons (Fsp3) is 0.529. The number of nitrogens with zero attached hydrogens (tertiary/aromatic N) is 3. The molecule has 2 atom stereocenters. The first kappa shape index (κ1) is 15.2. The minimum absolute atomic E-state index is 0.0973. The molecule has 0 unspecified atom stereocenters. The van der Waals surface area contributed by atoms with Gasteiger partial charge in [0.2, 0.25) is 11.8 Å². The zero-order valence-electron chi connectivity index (χ0n) is 13.7. The second kappa shape index (κ2) is 6.18. The molecule has 0 amide bonds. The van der Waals surface area contributed by atoms with Crippen molar-refractivity contribution in [3.63, 3.8) is 0 Å². The molecule has 2 aromatic rings. The van der Waals surface area contributed by atoms with Crippen LogP contribution in [0.15, 0.2) is 22.6 Å². The Bertz CT molecular complexity index is 653. The van der Waals surface area contributed by atoms with E-state index in [0.717, 1.165) is 6.54 Å². The Morgan fingerprint density at radius 3 is 2.77 bits per heavy atom. The highest BCUT2D eigenvalue weighted by molar-refractivity contribution is 5.32. The Labute approximate surface area is 131 Å². The number of morpholine rings is 1. The van der Waals surface area contributed by atoms with Crippen molar-refractivity contribution in [2.24, 2.45) is 0 Å². The summed E-state index contributed by atoms with van der Waals surface area (Å²) in [4.78, 5) is 2.35. The van der Waals surface area contributed by atoms with E-state index in [1.54, 1.807) is 0 Å². The van der Waals surface area contributed by atoms with Crippen LogP contribution in [0, 0.1) is 20.8 Å². The number of aromatic nitrogens is 2. The molecule has 0 radical (unpaired) electrons. The molecule has 0 aliphatic carbocycles. The molecule has 1 aliphatic rings. The van der Waals surface area contributed by atoms with Gasteiger partial charge in [-0.25, -0.2) is 0 Å². The van der Waals surface area contributed by atoms with Gasteiger partial charge in [-0.05, 0) is 31.9 Å². The van der Waals surface area contributed by atoms with Crippen LogP contribution in [0.5, 0.6) is 0 Å². The van der Waals surface area contributed by atoms with E-state index in [-0.39, 0.29) is 6.10 Å². The molecule has 2 heterocycles. The minimum atomic E-state index is 0.0973. The third kappa shape index (κ3) is 3.20. The van der Waals surface area contributed by atoms with Crippen LogP contribution in [0.4, 0.5) is 0 Å². The Balaban J connectivity index is 1.76. The molecule has 1 fully saturated rings. The molecule has 0 spiro atoms. The van der Waals surface area contributed by atoms with Gasteiger partial charge in [0.25, 0.3) is 0 Å². The van der Waals surface area contributed by atoms with Gasteiger partial charge < -0.3 is 9.15 Å². The molecule has 3 rings (SSSR count). The average Bonchev–Trinajstić information content (AvgIpc) is 2.89. The SMILES string of the molecule is Cc1ccc(C)c([C@H]2CN(Cc3nnc(C)o3)[C@H](C)CO2)c1. The molecular weight excluding hydrogens is 278 g/mol. The molecule has 1 aliphatic heterocycles. The van der Waals surface area contributed by atoms with E-state index in [1.807, 2.05) is 6.92 Å². The molecule has 22 heavy (non-hydrogen) atoms. The summed E-state index contributed by atoms with van der Waals surface area (Å²) >= 11 is 0. The number of benzene rings is 1. The average molecular weight is 301 g/mol. The third-order valence-electron chi connectivity index (χ3n) is 4.25. The first-order chi connectivity index (χ1) is 10.5. The Kier molecular flexibility index (Phi) is 4.27. The molecule has 5 heteroatoms. The van der Waals surface area contributed by atoms with Crippen LogP contribution in [-0.2, 0) is 11.3 Å². The maximum atomic E-state index is 6.08. The number of rotatable bonds is 3. The van der Waals surface area contributed by atoms with Crippen LogP contribution in [0.25, 0.3) is 0 Å². The van der Waals surface area contributed by atoms with Crippen LogP contribution in [0.1, 0.15) is 41.5 Å². The molecule has 1 aromatic carbocycles. The highest BCUT2D eigenvalue weighted by atomic mass is 16.5. The summed E-state index contributed by atoms with van der Waals surface area (Å²) in [5.41, 5.74) is 3.82. The lowest BCUT2D eigenvalue weighted by molar-refractivity contribution is -0.0658. The molecule has 0 bridgehead atoms. The Morgan fingerprint density at radius 1 is 1.23 bits per heavy atom. The molecule has 1 aromatic heterocycles.